The van der Waals surface area contributed by atoms with Crippen LogP contribution in [-0.4, -0.2) is 39.6 Å². The summed E-state index contributed by atoms with van der Waals surface area (Å²) in [6.07, 6.45) is 3.02. The smallest absolute Gasteiger partial charge is 0.318 e. The zero-order chi connectivity index (χ0) is 25.5. The molecule has 0 radical (unpaired) electrons. The fraction of sp³-hybridized carbons (Fsp3) is 0.577. The average molecular weight is 510 g/mol. The molecule has 34 heavy (non-hydrogen) atoms. The Bertz CT molecular complexity index is 976. The zero-order valence-electron chi connectivity index (χ0n) is 21.1. The van der Waals surface area contributed by atoms with Gasteiger partial charge in [-0.05, 0) is 54.0 Å². The average Bonchev–Trinajstić information content (AvgIpc) is 3.28. The SMILES string of the molecule is CCCc1cc(C(CC)(CC)c2ccc(S(=O)NCC(=O)O)s2)ccc1OCC(O)C(C)(C)C. The van der Waals surface area contributed by atoms with Crippen LogP contribution >= 0.6 is 11.3 Å². The molecule has 1 aromatic heterocycles. The van der Waals surface area contributed by atoms with E-state index in [0.29, 0.717) is 4.21 Å². The van der Waals surface area contributed by atoms with E-state index in [2.05, 4.69) is 37.6 Å². The summed E-state index contributed by atoms with van der Waals surface area (Å²) >= 11 is 1.46. The van der Waals surface area contributed by atoms with E-state index < -0.39 is 23.1 Å². The van der Waals surface area contributed by atoms with Gasteiger partial charge in [-0.15, -0.1) is 11.3 Å². The van der Waals surface area contributed by atoms with Gasteiger partial charge < -0.3 is 14.9 Å². The van der Waals surface area contributed by atoms with Crippen molar-refractivity contribution in [2.24, 2.45) is 5.41 Å². The number of carboxylic acids is 1. The number of benzene rings is 1. The first-order valence-corrected chi connectivity index (χ1v) is 13.9. The van der Waals surface area contributed by atoms with E-state index in [-0.39, 0.29) is 24.0 Å². The molecule has 3 N–H and O–H groups in total. The Morgan fingerprint density at radius 1 is 1.15 bits per heavy atom. The molecule has 0 aliphatic rings. The predicted molar refractivity (Wildman–Crippen MR) is 139 cm³/mol. The Balaban J connectivity index is 2.38. The van der Waals surface area contributed by atoms with E-state index in [1.54, 1.807) is 0 Å². The molecule has 2 unspecified atom stereocenters. The number of hydrogen-bond acceptors (Lipinski definition) is 5. The van der Waals surface area contributed by atoms with Gasteiger partial charge >= 0.3 is 5.97 Å². The van der Waals surface area contributed by atoms with Gasteiger partial charge in [0.05, 0.1) is 6.10 Å². The highest BCUT2D eigenvalue weighted by Gasteiger charge is 2.33. The number of carboxylic acid groups (broad SMARTS) is 1. The van der Waals surface area contributed by atoms with Crippen molar-refractivity contribution in [2.75, 3.05) is 13.2 Å². The number of thiophene rings is 1. The second kappa shape index (κ2) is 12.3. The summed E-state index contributed by atoms with van der Waals surface area (Å²) in [5, 5.41) is 19.3. The van der Waals surface area contributed by atoms with Gasteiger partial charge in [0, 0.05) is 10.3 Å². The third kappa shape index (κ3) is 6.90. The van der Waals surface area contributed by atoms with Gasteiger partial charge in [0.25, 0.3) is 0 Å². The van der Waals surface area contributed by atoms with Crippen LogP contribution in [0, 0.1) is 5.41 Å². The number of hydrogen-bond donors (Lipinski definition) is 3. The Kier molecular flexibility index (Phi) is 10.3. The molecule has 0 aliphatic carbocycles. The first-order valence-electron chi connectivity index (χ1n) is 11.9. The van der Waals surface area contributed by atoms with Crippen molar-refractivity contribution in [3.05, 3.63) is 46.3 Å². The monoisotopic (exact) mass is 509 g/mol. The highest BCUT2D eigenvalue weighted by atomic mass is 32.2. The lowest BCUT2D eigenvalue weighted by Gasteiger charge is -2.32. The van der Waals surface area contributed by atoms with Crippen molar-refractivity contribution >= 4 is 28.3 Å². The maximum Gasteiger partial charge on any atom is 0.318 e. The van der Waals surface area contributed by atoms with Crippen molar-refractivity contribution in [1.29, 1.82) is 0 Å². The fourth-order valence-electron chi connectivity index (χ4n) is 3.93. The van der Waals surface area contributed by atoms with Gasteiger partial charge in [0.15, 0.2) is 0 Å². The molecular formula is C26H39NO5S2. The minimum absolute atomic E-state index is 0.244. The molecule has 0 saturated heterocycles. The van der Waals surface area contributed by atoms with Crippen molar-refractivity contribution in [3.8, 4) is 5.75 Å². The molecule has 1 heterocycles. The van der Waals surface area contributed by atoms with E-state index >= 15 is 0 Å². The van der Waals surface area contributed by atoms with Crippen molar-refractivity contribution < 1.29 is 24.0 Å². The zero-order valence-corrected chi connectivity index (χ0v) is 22.8. The lowest BCUT2D eigenvalue weighted by Crippen LogP contribution is -2.32. The van der Waals surface area contributed by atoms with E-state index in [1.807, 2.05) is 39.0 Å². The maximum atomic E-state index is 12.5. The third-order valence-corrected chi connectivity index (χ3v) is 9.02. The highest BCUT2D eigenvalue weighted by molar-refractivity contribution is 7.85. The number of carbonyl (C=O) groups is 1. The molecule has 0 spiro atoms. The van der Waals surface area contributed by atoms with Gasteiger partial charge in [-0.25, -0.2) is 8.93 Å². The van der Waals surface area contributed by atoms with Crippen LogP contribution in [0.2, 0.25) is 0 Å². The van der Waals surface area contributed by atoms with Crippen LogP contribution in [0.4, 0.5) is 0 Å². The van der Waals surface area contributed by atoms with Crippen LogP contribution in [-0.2, 0) is 27.6 Å². The number of nitrogens with one attached hydrogen (secondary N) is 1. The summed E-state index contributed by atoms with van der Waals surface area (Å²) in [5.74, 6) is -0.233. The van der Waals surface area contributed by atoms with Crippen molar-refractivity contribution in [1.82, 2.24) is 4.72 Å². The minimum atomic E-state index is -1.56. The Morgan fingerprint density at radius 3 is 2.38 bits per heavy atom. The van der Waals surface area contributed by atoms with Crippen LogP contribution in [0.1, 0.15) is 76.8 Å². The lowest BCUT2D eigenvalue weighted by molar-refractivity contribution is -0.135. The molecule has 0 saturated carbocycles. The Hall–Kier alpha value is -1.74. The molecule has 8 heteroatoms. The van der Waals surface area contributed by atoms with Gasteiger partial charge in [-0.3, -0.25) is 4.79 Å². The summed E-state index contributed by atoms with van der Waals surface area (Å²) < 4.78 is 21.7. The molecule has 2 rings (SSSR count). The molecule has 1 aromatic carbocycles. The first kappa shape index (κ1) is 28.5. The summed E-state index contributed by atoms with van der Waals surface area (Å²) in [4.78, 5) is 11.9. The van der Waals surface area contributed by atoms with Crippen molar-refractivity contribution in [2.45, 2.75) is 83.0 Å². The van der Waals surface area contributed by atoms with E-state index in [4.69, 9.17) is 9.84 Å². The van der Waals surface area contributed by atoms with Crippen LogP contribution in [0.25, 0.3) is 0 Å². The molecule has 0 bridgehead atoms. The number of aliphatic carboxylic acids is 1. The number of rotatable bonds is 13. The summed E-state index contributed by atoms with van der Waals surface area (Å²) in [6, 6.07) is 10.2. The molecule has 190 valence electrons. The third-order valence-electron chi connectivity index (χ3n) is 6.33. The van der Waals surface area contributed by atoms with Gasteiger partial charge in [-0.1, -0.05) is 60.1 Å². The number of aliphatic hydroxyl groups is 1. The first-order chi connectivity index (χ1) is 16.0. The predicted octanol–water partition coefficient (Wildman–Crippen LogP) is 5.29. The minimum Gasteiger partial charge on any atom is -0.491 e. The number of aliphatic hydroxyl groups excluding tert-OH is 1. The largest absolute Gasteiger partial charge is 0.491 e. The Labute approximate surface area is 210 Å². The van der Waals surface area contributed by atoms with E-state index in [1.165, 1.54) is 16.9 Å². The van der Waals surface area contributed by atoms with Crippen LogP contribution in [0.5, 0.6) is 5.75 Å². The standard InChI is InChI=1S/C26H39NO5S2/c1-7-10-18-15-19(11-12-20(18)32-17-21(28)25(4,5)6)26(8-2,9-3)22-13-14-24(33-22)34(31)27-16-23(29)30/h11-15,21,27-28H,7-10,16-17H2,1-6H3,(H,29,30). The van der Waals surface area contributed by atoms with E-state index in [9.17, 15) is 14.1 Å². The van der Waals surface area contributed by atoms with E-state index in [0.717, 1.165) is 41.9 Å². The quantitative estimate of drug-likeness (QED) is 0.341. The molecular weight excluding hydrogens is 470 g/mol. The molecule has 0 aliphatic heterocycles. The summed E-state index contributed by atoms with van der Waals surface area (Å²) in [5.41, 5.74) is 1.81. The lowest BCUT2D eigenvalue weighted by atomic mass is 9.74. The normalized spacial score (nSPS) is 14.1. The molecule has 2 aromatic rings. The summed E-state index contributed by atoms with van der Waals surface area (Å²) in [6.45, 7) is 12.3. The maximum absolute atomic E-state index is 12.5. The van der Waals surface area contributed by atoms with Gasteiger partial charge in [-0.2, -0.15) is 0 Å². The van der Waals surface area contributed by atoms with Crippen molar-refractivity contribution in [3.63, 3.8) is 0 Å². The molecule has 0 fully saturated rings. The fourth-order valence-corrected chi connectivity index (χ4v) is 6.35. The number of ether oxygens (including phenoxy) is 1. The molecule has 0 amide bonds. The Morgan fingerprint density at radius 2 is 1.82 bits per heavy atom. The second-order valence-corrected chi connectivity index (χ2v) is 12.3. The topological polar surface area (TPSA) is 95.9 Å². The van der Waals surface area contributed by atoms with Gasteiger partial charge in [0.2, 0.25) is 0 Å². The highest BCUT2D eigenvalue weighted by Crippen LogP contribution is 2.44. The van der Waals surface area contributed by atoms with Crippen LogP contribution in [0.15, 0.2) is 34.5 Å². The van der Waals surface area contributed by atoms with Gasteiger partial charge in [0.1, 0.15) is 34.1 Å². The molecule has 2 atom stereocenters. The summed E-state index contributed by atoms with van der Waals surface area (Å²) in [7, 11) is -1.56. The number of aryl methyl sites for hydroxylation is 1. The van der Waals surface area contributed by atoms with Crippen LogP contribution in [0.3, 0.4) is 0 Å². The second-order valence-electron chi connectivity index (χ2n) is 9.66. The van der Waals surface area contributed by atoms with Crippen LogP contribution < -0.4 is 9.46 Å². The molecule has 6 nitrogen and oxygen atoms in total.